The van der Waals surface area contributed by atoms with Crippen LogP contribution >= 0.6 is 15.9 Å². The van der Waals surface area contributed by atoms with Crippen LogP contribution < -0.4 is 0 Å². The first kappa shape index (κ1) is 25.0. The fraction of sp³-hybridized carbons (Fsp3) is 0.444. The standard InChI is InChI=1S/C27H30BrF3N2O/c28-23-12-7-21(8-13-23)19-33(25-15-17-32(18-16-25)24-3-1-2-4-24)26(34)14-9-20-5-10-22(11-6-20)27(29,30)31/h5-14,24-25H,1-4,15-19H2. The Balaban J connectivity index is 1.46. The van der Waals surface area contributed by atoms with Gasteiger partial charge in [0.25, 0.3) is 0 Å². The quantitative estimate of drug-likeness (QED) is 0.375. The minimum Gasteiger partial charge on any atom is -0.332 e. The van der Waals surface area contributed by atoms with Crippen molar-refractivity contribution < 1.29 is 18.0 Å². The fourth-order valence-corrected chi connectivity index (χ4v) is 5.32. The molecule has 34 heavy (non-hydrogen) atoms. The van der Waals surface area contributed by atoms with Crippen molar-refractivity contribution in [1.82, 2.24) is 9.80 Å². The highest BCUT2D eigenvalue weighted by Crippen LogP contribution is 2.30. The lowest BCUT2D eigenvalue weighted by Gasteiger charge is -2.40. The van der Waals surface area contributed by atoms with E-state index in [1.807, 2.05) is 29.2 Å². The van der Waals surface area contributed by atoms with Crippen LogP contribution in [0, 0.1) is 0 Å². The molecule has 1 saturated carbocycles. The number of likely N-dealkylation sites (tertiary alicyclic amines) is 1. The third-order valence-corrected chi connectivity index (χ3v) is 7.52. The Hall–Kier alpha value is -2.12. The summed E-state index contributed by atoms with van der Waals surface area (Å²) in [5.41, 5.74) is 0.931. The number of halogens is 4. The van der Waals surface area contributed by atoms with Crippen LogP contribution in [0.2, 0.25) is 0 Å². The zero-order valence-corrected chi connectivity index (χ0v) is 20.7. The van der Waals surface area contributed by atoms with Gasteiger partial charge in [0.2, 0.25) is 5.91 Å². The molecule has 2 fully saturated rings. The number of carbonyl (C=O) groups is 1. The van der Waals surface area contributed by atoms with Crippen molar-refractivity contribution >= 4 is 27.9 Å². The topological polar surface area (TPSA) is 23.6 Å². The lowest BCUT2D eigenvalue weighted by Crippen LogP contribution is -2.48. The zero-order valence-electron chi connectivity index (χ0n) is 19.1. The second-order valence-corrected chi connectivity index (χ2v) is 10.2. The van der Waals surface area contributed by atoms with E-state index in [-0.39, 0.29) is 11.9 Å². The number of hydrogen-bond acceptors (Lipinski definition) is 2. The van der Waals surface area contributed by atoms with Gasteiger partial charge < -0.3 is 9.80 Å². The Labute approximate surface area is 207 Å². The van der Waals surface area contributed by atoms with E-state index in [0.717, 1.165) is 48.1 Å². The van der Waals surface area contributed by atoms with Gasteiger partial charge in [-0.3, -0.25) is 4.79 Å². The van der Waals surface area contributed by atoms with Crippen LogP contribution in [0.4, 0.5) is 13.2 Å². The summed E-state index contributed by atoms with van der Waals surface area (Å²) in [6.45, 7) is 2.52. The minimum atomic E-state index is -4.37. The van der Waals surface area contributed by atoms with E-state index in [1.165, 1.54) is 43.9 Å². The highest BCUT2D eigenvalue weighted by molar-refractivity contribution is 9.10. The van der Waals surface area contributed by atoms with Crippen molar-refractivity contribution in [2.24, 2.45) is 0 Å². The van der Waals surface area contributed by atoms with Crippen molar-refractivity contribution in [3.8, 4) is 0 Å². The maximum absolute atomic E-state index is 13.3. The maximum Gasteiger partial charge on any atom is 0.416 e. The van der Waals surface area contributed by atoms with E-state index in [2.05, 4.69) is 20.8 Å². The summed E-state index contributed by atoms with van der Waals surface area (Å²) in [4.78, 5) is 17.8. The van der Waals surface area contributed by atoms with Crippen LogP contribution in [-0.2, 0) is 17.5 Å². The summed E-state index contributed by atoms with van der Waals surface area (Å²) >= 11 is 3.46. The van der Waals surface area contributed by atoms with E-state index in [0.29, 0.717) is 18.2 Å². The van der Waals surface area contributed by atoms with Crippen LogP contribution in [0.3, 0.4) is 0 Å². The zero-order chi connectivity index (χ0) is 24.1. The summed E-state index contributed by atoms with van der Waals surface area (Å²) in [5.74, 6) is -0.109. The van der Waals surface area contributed by atoms with Crippen LogP contribution in [0.25, 0.3) is 6.08 Å². The molecular formula is C27H30BrF3N2O. The Morgan fingerprint density at radius 1 is 0.971 bits per heavy atom. The summed E-state index contributed by atoms with van der Waals surface area (Å²) < 4.78 is 39.4. The molecule has 1 aliphatic heterocycles. The molecule has 3 nitrogen and oxygen atoms in total. The van der Waals surface area contributed by atoms with Gasteiger partial charge in [0.05, 0.1) is 5.56 Å². The predicted molar refractivity (Wildman–Crippen MR) is 132 cm³/mol. The van der Waals surface area contributed by atoms with Crippen molar-refractivity contribution in [3.05, 3.63) is 75.8 Å². The molecule has 4 rings (SSSR count). The summed E-state index contributed by atoms with van der Waals surface area (Å²) in [7, 11) is 0. The number of piperidine rings is 1. The third kappa shape index (κ3) is 6.51. The van der Waals surface area contributed by atoms with Crippen molar-refractivity contribution in [3.63, 3.8) is 0 Å². The van der Waals surface area contributed by atoms with E-state index in [9.17, 15) is 18.0 Å². The highest BCUT2D eigenvalue weighted by Gasteiger charge is 2.31. The fourth-order valence-electron chi connectivity index (χ4n) is 5.05. The largest absolute Gasteiger partial charge is 0.416 e. The van der Waals surface area contributed by atoms with Crippen LogP contribution in [-0.4, -0.2) is 40.9 Å². The summed E-state index contributed by atoms with van der Waals surface area (Å²) in [5, 5.41) is 0. The number of hydrogen-bond donors (Lipinski definition) is 0. The molecule has 0 bridgehead atoms. The summed E-state index contributed by atoms with van der Waals surface area (Å²) in [6.07, 6.45) is 5.79. The Bertz CT molecular complexity index is 974. The molecule has 0 radical (unpaired) electrons. The molecule has 0 N–H and O–H groups in total. The molecule has 1 saturated heterocycles. The van der Waals surface area contributed by atoms with E-state index in [4.69, 9.17) is 0 Å². The second kappa shape index (κ2) is 11.1. The van der Waals surface area contributed by atoms with Crippen LogP contribution in [0.5, 0.6) is 0 Å². The Morgan fingerprint density at radius 3 is 2.18 bits per heavy atom. The number of rotatable bonds is 6. The van der Waals surface area contributed by atoms with Gasteiger partial charge in [-0.05, 0) is 67.2 Å². The summed E-state index contributed by atoms with van der Waals surface area (Å²) in [6, 6.07) is 13.7. The molecule has 2 aliphatic rings. The highest BCUT2D eigenvalue weighted by atomic mass is 79.9. The average Bonchev–Trinajstić information content (AvgIpc) is 3.37. The monoisotopic (exact) mass is 534 g/mol. The molecule has 0 atom stereocenters. The second-order valence-electron chi connectivity index (χ2n) is 9.25. The molecule has 1 amide bonds. The minimum absolute atomic E-state index is 0.109. The molecule has 0 aromatic heterocycles. The van der Waals surface area contributed by atoms with E-state index in [1.54, 1.807) is 6.08 Å². The van der Waals surface area contributed by atoms with E-state index >= 15 is 0 Å². The normalized spacial score (nSPS) is 18.6. The molecule has 182 valence electrons. The van der Waals surface area contributed by atoms with Crippen LogP contribution in [0.15, 0.2) is 59.1 Å². The van der Waals surface area contributed by atoms with E-state index < -0.39 is 11.7 Å². The van der Waals surface area contributed by atoms with Gasteiger partial charge >= 0.3 is 6.18 Å². The van der Waals surface area contributed by atoms with Gasteiger partial charge in [-0.1, -0.05) is 53.0 Å². The average molecular weight is 535 g/mol. The number of benzene rings is 2. The first-order valence-corrected chi connectivity index (χ1v) is 12.7. The Morgan fingerprint density at radius 2 is 1.59 bits per heavy atom. The molecule has 7 heteroatoms. The van der Waals surface area contributed by atoms with Gasteiger partial charge in [-0.25, -0.2) is 0 Å². The number of nitrogens with zero attached hydrogens (tertiary/aromatic N) is 2. The number of alkyl halides is 3. The van der Waals surface area contributed by atoms with Gasteiger partial charge in [-0.2, -0.15) is 13.2 Å². The molecule has 1 aliphatic carbocycles. The van der Waals surface area contributed by atoms with Crippen LogP contribution in [0.1, 0.15) is 55.2 Å². The molecule has 0 spiro atoms. The van der Waals surface area contributed by atoms with Crippen molar-refractivity contribution in [2.75, 3.05) is 13.1 Å². The lowest BCUT2D eigenvalue weighted by molar-refractivity contribution is -0.137. The first-order chi connectivity index (χ1) is 16.3. The maximum atomic E-state index is 13.3. The van der Waals surface area contributed by atoms with Gasteiger partial charge in [0.15, 0.2) is 0 Å². The lowest BCUT2D eigenvalue weighted by atomic mass is 9.99. The molecule has 1 heterocycles. The molecular weight excluding hydrogens is 505 g/mol. The van der Waals surface area contributed by atoms with Gasteiger partial charge in [0.1, 0.15) is 0 Å². The van der Waals surface area contributed by atoms with Gasteiger partial charge in [0, 0.05) is 42.3 Å². The third-order valence-electron chi connectivity index (χ3n) is 6.99. The first-order valence-electron chi connectivity index (χ1n) is 11.9. The number of amides is 1. The van der Waals surface area contributed by atoms with Crippen molar-refractivity contribution in [1.29, 1.82) is 0 Å². The predicted octanol–water partition coefficient (Wildman–Crippen LogP) is 6.92. The van der Waals surface area contributed by atoms with Crippen molar-refractivity contribution in [2.45, 2.75) is 63.3 Å². The van der Waals surface area contributed by atoms with Gasteiger partial charge in [-0.15, -0.1) is 0 Å². The Kier molecular flexibility index (Phi) is 8.14. The number of carbonyl (C=O) groups excluding carboxylic acids is 1. The molecule has 0 unspecified atom stereocenters. The smallest absolute Gasteiger partial charge is 0.332 e. The molecule has 2 aromatic carbocycles. The molecule has 2 aromatic rings. The SMILES string of the molecule is O=C(C=Cc1ccc(C(F)(F)F)cc1)N(Cc1ccc(Br)cc1)C1CCN(C2CCCC2)CC1.